The molecule has 1 amide bonds. The third-order valence-corrected chi connectivity index (χ3v) is 5.57. The molecule has 1 N–H and O–H groups in total. The molecule has 0 spiro atoms. The fourth-order valence-electron chi connectivity index (χ4n) is 3.73. The van der Waals surface area contributed by atoms with Crippen molar-refractivity contribution in [2.24, 2.45) is 0 Å². The molecule has 2 heterocycles. The average Bonchev–Trinajstić information content (AvgIpc) is 3.15. The van der Waals surface area contributed by atoms with E-state index in [9.17, 15) is 4.79 Å². The Morgan fingerprint density at radius 2 is 2.07 bits per heavy atom. The van der Waals surface area contributed by atoms with Crippen molar-refractivity contribution in [3.05, 3.63) is 65.0 Å². The van der Waals surface area contributed by atoms with Gasteiger partial charge in [-0.1, -0.05) is 23.8 Å². The Labute approximate surface area is 165 Å². The predicted octanol–water partition coefficient (Wildman–Crippen LogP) is 4.63. The first-order valence-electron chi connectivity index (χ1n) is 10.00. The van der Waals surface area contributed by atoms with Crippen LogP contribution in [0.15, 0.2) is 48.3 Å². The second-order valence-electron chi connectivity index (χ2n) is 7.54. The Morgan fingerprint density at radius 3 is 2.86 bits per heavy atom. The van der Waals surface area contributed by atoms with Crippen molar-refractivity contribution in [2.45, 2.75) is 46.0 Å². The van der Waals surface area contributed by atoms with E-state index < -0.39 is 0 Å². The van der Waals surface area contributed by atoms with Gasteiger partial charge in [0.1, 0.15) is 5.56 Å². The Hall–Kier alpha value is -2.95. The molecule has 1 aliphatic rings. The first-order valence-corrected chi connectivity index (χ1v) is 10.00. The molecule has 5 nitrogen and oxygen atoms in total. The Bertz CT molecular complexity index is 1050. The molecule has 0 unspecified atom stereocenters. The van der Waals surface area contributed by atoms with E-state index in [0.29, 0.717) is 17.8 Å². The average molecular weight is 374 g/mol. The minimum atomic E-state index is -0.115. The second kappa shape index (κ2) is 7.97. The fraction of sp³-hybridized carbons (Fsp3) is 0.348. The number of nitrogens with zero attached hydrogens (tertiary/aromatic N) is 3. The third-order valence-electron chi connectivity index (χ3n) is 5.57. The lowest BCUT2D eigenvalue weighted by Gasteiger charge is -2.12. The van der Waals surface area contributed by atoms with Gasteiger partial charge in [-0.05, 0) is 69.2 Å². The second-order valence-corrected chi connectivity index (χ2v) is 7.54. The van der Waals surface area contributed by atoms with E-state index in [-0.39, 0.29) is 5.91 Å². The van der Waals surface area contributed by atoms with Gasteiger partial charge in [0.05, 0.1) is 11.9 Å². The number of amides is 1. The fourth-order valence-corrected chi connectivity index (χ4v) is 3.73. The number of benzene rings is 1. The van der Waals surface area contributed by atoms with E-state index in [0.717, 1.165) is 24.1 Å². The molecule has 0 saturated heterocycles. The normalized spacial score (nSPS) is 14.1. The van der Waals surface area contributed by atoms with Crippen LogP contribution in [0.3, 0.4) is 0 Å². The smallest absolute Gasteiger partial charge is 0.256 e. The number of aromatic nitrogens is 3. The first kappa shape index (κ1) is 18.4. The van der Waals surface area contributed by atoms with Crippen LogP contribution in [0, 0.1) is 13.8 Å². The minimum absolute atomic E-state index is 0.115. The first-order chi connectivity index (χ1) is 13.6. The minimum Gasteiger partial charge on any atom is -0.352 e. The topological polar surface area (TPSA) is 59.3 Å². The van der Waals surface area contributed by atoms with Gasteiger partial charge in [-0.2, -0.15) is 5.10 Å². The van der Waals surface area contributed by atoms with E-state index >= 15 is 0 Å². The zero-order valence-electron chi connectivity index (χ0n) is 16.5. The zero-order valence-corrected chi connectivity index (χ0v) is 16.5. The van der Waals surface area contributed by atoms with Gasteiger partial charge in [-0.15, -0.1) is 0 Å². The number of nitrogens with one attached hydrogen (secondary N) is 1. The molecule has 4 rings (SSSR count). The molecule has 28 heavy (non-hydrogen) atoms. The van der Waals surface area contributed by atoms with Crippen LogP contribution in [-0.4, -0.2) is 27.0 Å². The summed E-state index contributed by atoms with van der Waals surface area (Å²) >= 11 is 0. The van der Waals surface area contributed by atoms with Crippen LogP contribution in [-0.2, 0) is 0 Å². The molecular formula is C23H26N4O. The highest BCUT2D eigenvalue weighted by atomic mass is 16.1. The monoisotopic (exact) mass is 374 g/mol. The third kappa shape index (κ3) is 3.70. The maximum Gasteiger partial charge on any atom is 0.256 e. The van der Waals surface area contributed by atoms with Gasteiger partial charge in [0.2, 0.25) is 0 Å². The molecule has 144 valence electrons. The summed E-state index contributed by atoms with van der Waals surface area (Å²) in [5.41, 5.74) is 7.04. The van der Waals surface area contributed by atoms with Gasteiger partial charge in [0, 0.05) is 18.3 Å². The Morgan fingerprint density at radius 1 is 1.18 bits per heavy atom. The zero-order chi connectivity index (χ0) is 19.5. The van der Waals surface area contributed by atoms with Crippen molar-refractivity contribution in [3.8, 4) is 11.3 Å². The lowest BCUT2D eigenvalue weighted by Crippen LogP contribution is -2.25. The summed E-state index contributed by atoms with van der Waals surface area (Å²) in [7, 11) is 0. The number of carbonyl (C=O) groups is 1. The quantitative estimate of drug-likeness (QED) is 0.662. The number of carbonyl (C=O) groups excluding carboxylic acids is 1. The summed E-state index contributed by atoms with van der Waals surface area (Å²) in [4.78, 5) is 17.1. The summed E-state index contributed by atoms with van der Waals surface area (Å²) < 4.78 is 1.75. The van der Waals surface area contributed by atoms with Crippen LogP contribution < -0.4 is 5.32 Å². The Kier molecular flexibility index (Phi) is 5.24. The lowest BCUT2D eigenvalue weighted by molar-refractivity contribution is 0.0955. The number of fused-ring (bicyclic) bond motifs is 1. The van der Waals surface area contributed by atoms with E-state index in [1.165, 1.54) is 36.0 Å². The van der Waals surface area contributed by atoms with Gasteiger partial charge in [0.25, 0.3) is 5.91 Å². The number of allylic oxidation sites excluding steroid dienone is 1. The highest BCUT2D eigenvalue weighted by Gasteiger charge is 2.16. The molecule has 3 aromatic rings. The molecule has 1 aromatic carbocycles. The van der Waals surface area contributed by atoms with E-state index in [2.05, 4.69) is 53.5 Å². The van der Waals surface area contributed by atoms with Gasteiger partial charge in [-0.25, -0.2) is 9.50 Å². The molecule has 0 saturated carbocycles. The molecule has 1 aliphatic carbocycles. The van der Waals surface area contributed by atoms with Crippen molar-refractivity contribution in [2.75, 3.05) is 6.54 Å². The van der Waals surface area contributed by atoms with E-state index in [1.807, 2.05) is 6.07 Å². The molecule has 2 aromatic heterocycles. The highest BCUT2D eigenvalue weighted by Crippen LogP contribution is 2.23. The molecular weight excluding hydrogens is 348 g/mol. The van der Waals surface area contributed by atoms with Crippen molar-refractivity contribution in [3.63, 3.8) is 0 Å². The highest BCUT2D eigenvalue weighted by molar-refractivity contribution is 5.99. The summed E-state index contributed by atoms with van der Waals surface area (Å²) in [6.07, 6.45) is 11.5. The number of hydrogen-bond acceptors (Lipinski definition) is 3. The molecule has 5 heteroatoms. The standard InChI is InChI=1S/C23H26N4O/c1-16-8-9-19(14-17(16)2)21-11-13-24-22-20(15-26-27(21)22)23(28)25-12-10-18-6-4-3-5-7-18/h6,8-9,11,13-15H,3-5,7,10,12H2,1-2H3,(H,25,28). The Balaban J connectivity index is 1.54. The van der Waals surface area contributed by atoms with Gasteiger partial charge in [0.15, 0.2) is 5.65 Å². The van der Waals surface area contributed by atoms with Crippen LogP contribution in [0.4, 0.5) is 0 Å². The van der Waals surface area contributed by atoms with Crippen LogP contribution in [0.5, 0.6) is 0 Å². The molecule has 0 fully saturated rings. The molecule has 0 aliphatic heterocycles. The molecule has 0 atom stereocenters. The maximum atomic E-state index is 12.7. The summed E-state index contributed by atoms with van der Waals surface area (Å²) in [5.74, 6) is -0.115. The summed E-state index contributed by atoms with van der Waals surface area (Å²) in [6, 6.07) is 8.26. The van der Waals surface area contributed by atoms with Crippen LogP contribution in [0.2, 0.25) is 0 Å². The lowest BCUT2D eigenvalue weighted by atomic mass is 9.97. The number of hydrogen-bond donors (Lipinski definition) is 1. The number of aryl methyl sites for hydroxylation is 2. The van der Waals surface area contributed by atoms with Gasteiger partial charge in [-0.3, -0.25) is 4.79 Å². The predicted molar refractivity (Wildman–Crippen MR) is 111 cm³/mol. The van der Waals surface area contributed by atoms with Crippen molar-refractivity contribution in [1.29, 1.82) is 0 Å². The van der Waals surface area contributed by atoms with Gasteiger partial charge >= 0.3 is 0 Å². The summed E-state index contributed by atoms with van der Waals surface area (Å²) in [5, 5.41) is 7.48. The van der Waals surface area contributed by atoms with Crippen molar-refractivity contribution in [1.82, 2.24) is 19.9 Å². The van der Waals surface area contributed by atoms with Crippen LogP contribution in [0.1, 0.15) is 53.6 Å². The van der Waals surface area contributed by atoms with E-state index in [4.69, 9.17) is 0 Å². The molecule has 0 radical (unpaired) electrons. The van der Waals surface area contributed by atoms with Crippen molar-refractivity contribution < 1.29 is 4.79 Å². The maximum absolute atomic E-state index is 12.7. The van der Waals surface area contributed by atoms with Gasteiger partial charge < -0.3 is 5.32 Å². The largest absolute Gasteiger partial charge is 0.352 e. The SMILES string of the molecule is Cc1ccc(-c2ccnc3c(C(=O)NCCC4=CCCCC4)cnn23)cc1C. The van der Waals surface area contributed by atoms with E-state index in [1.54, 1.807) is 16.9 Å². The molecule has 0 bridgehead atoms. The van der Waals surface area contributed by atoms with Crippen LogP contribution in [0.25, 0.3) is 16.9 Å². The number of rotatable bonds is 5. The van der Waals surface area contributed by atoms with Crippen molar-refractivity contribution >= 4 is 11.6 Å². The summed E-state index contributed by atoms with van der Waals surface area (Å²) in [6.45, 7) is 4.85. The van der Waals surface area contributed by atoms with Crippen LogP contribution >= 0.6 is 0 Å².